The number of hydrogen-bond acceptors (Lipinski definition) is 3. The van der Waals surface area contributed by atoms with Crippen molar-refractivity contribution in [3.63, 3.8) is 0 Å². The Hall–Kier alpha value is -11.9. The molecule has 3 aromatic heterocycles. The molecule has 514 valence electrons. The van der Waals surface area contributed by atoms with E-state index in [0.29, 0.717) is 5.56 Å². The van der Waals surface area contributed by atoms with Crippen LogP contribution in [-0.2, 0) is 21.7 Å². The van der Waals surface area contributed by atoms with Crippen molar-refractivity contribution >= 4 is 123 Å². The van der Waals surface area contributed by atoms with Crippen LogP contribution >= 0.6 is 0 Å². The van der Waals surface area contributed by atoms with E-state index in [2.05, 4.69) is 363 Å². The summed E-state index contributed by atoms with van der Waals surface area (Å²) in [5.41, 5.74) is 27.5. The molecule has 6 heteroatoms. The van der Waals surface area contributed by atoms with Crippen LogP contribution in [0.3, 0.4) is 0 Å². The van der Waals surface area contributed by atoms with Gasteiger partial charge in [0.25, 0.3) is 6.71 Å². The third-order valence-electron chi connectivity index (χ3n) is 22.5. The van der Waals surface area contributed by atoms with Crippen LogP contribution in [0.4, 0.5) is 34.1 Å². The van der Waals surface area contributed by atoms with Gasteiger partial charge in [0.1, 0.15) is 11.2 Å². The molecule has 14 aromatic carbocycles. The molecule has 0 fully saturated rings. The fraction of sp³-hybridized carbons (Fsp3) is 0.160. The zero-order valence-corrected chi connectivity index (χ0v) is 62.2. The molecule has 106 heavy (non-hydrogen) atoms. The summed E-state index contributed by atoms with van der Waals surface area (Å²) in [6.45, 7) is 27.2. The highest BCUT2D eigenvalue weighted by molar-refractivity contribution is 7.00. The van der Waals surface area contributed by atoms with Crippen molar-refractivity contribution < 1.29 is 11.3 Å². The van der Waals surface area contributed by atoms with Crippen LogP contribution < -0.4 is 26.2 Å². The molecule has 0 radical (unpaired) electrons. The van der Waals surface area contributed by atoms with E-state index in [0.717, 1.165) is 150 Å². The highest BCUT2D eigenvalue weighted by Gasteiger charge is 2.46. The molecule has 0 unspecified atom stereocenters. The third-order valence-corrected chi connectivity index (χ3v) is 22.5. The van der Waals surface area contributed by atoms with Crippen molar-refractivity contribution in [3.05, 3.63) is 319 Å². The van der Waals surface area contributed by atoms with Crippen molar-refractivity contribution in [3.8, 4) is 55.9 Å². The summed E-state index contributed by atoms with van der Waals surface area (Å²) in [6.07, 6.45) is 0. The van der Waals surface area contributed by atoms with Crippen molar-refractivity contribution in [2.24, 2.45) is 0 Å². The summed E-state index contributed by atoms with van der Waals surface area (Å²) in [7, 11) is 0. The number of hydrogen-bond donors (Lipinski definition) is 0. The van der Waals surface area contributed by atoms with E-state index in [1.807, 2.05) is 6.07 Å². The van der Waals surface area contributed by atoms with Crippen LogP contribution in [0.15, 0.2) is 302 Å². The molecule has 0 N–H and O–H groups in total. The third kappa shape index (κ3) is 10.5. The normalized spacial score (nSPS) is 13.9. The van der Waals surface area contributed by atoms with Gasteiger partial charge in [0, 0.05) is 61.1 Å². The lowest BCUT2D eigenvalue weighted by Gasteiger charge is -2.45. The van der Waals surface area contributed by atoms with E-state index in [-0.39, 0.29) is 39.3 Å². The number of aromatic nitrogens is 2. The Bertz CT molecular complexity index is 6630. The molecule has 0 saturated carbocycles. The van der Waals surface area contributed by atoms with Crippen LogP contribution in [0.25, 0.3) is 121 Å². The van der Waals surface area contributed by atoms with Gasteiger partial charge in [-0.05, 0) is 208 Å². The molecule has 17 aromatic rings. The molecule has 0 spiro atoms. The second kappa shape index (κ2) is 23.8. The molecule has 19 rings (SSSR count). The number of rotatable bonds is 8. The predicted octanol–water partition coefficient (Wildman–Crippen LogP) is 25.7. The smallest absolute Gasteiger partial charge is 0.252 e. The Labute approximate surface area is 629 Å². The Kier molecular flexibility index (Phi) is 13.4. The van der Waals surface area contributed by atoms with Crippen molar-refractivity contribution in [1.29, 1.82) is 0 Å². The molecule has 0 atom stereocenters. The van der Waals surface area contributed by atoms with Crippen molar-refractivity contribution in [2.75, 3.05) is 9.80 Å². The summed E-state index contributed by atoms with van der Waals surface area (Å²) in [6, 6.07) is 96.5. The van der Waals surface area contributed by atoms with E-state index in [9.17, 15) is 5.48 Å². The van der Waals surface area contributed by atoms with Crippen molar-refractivity contribution in [1.82, 2.24) is 9.13 Å². The van der Waals surface area contributed by atoms with Gasteiger partial charge in [-0.25, -0.2) is 0 Å². The average Bonchev–Trinajstić information content (AvgIpc) is 1.51. The summed E-state index contributed by atoms with van der Waals surface area (Å²) in [5, 5.41) is 6.43. The number of para-hydroxylation sites is 3. The number of benzene rings is 14. The van der Waals surface area contributed by atoms with Crippen LogP contribution in [0.5, 0.6) is 0 Å². The van der Waals surface area contributed by atoms with Gasteiger partial charge in [0.15, 0.2) is 0 Å². The lowest BCUT2D eigenvalue weighted by atomic mass is 9.33. The van der Waals surface area contributed by atoms with Gasteiger partial charge in [-0.2, -0.15) is 0 Å². The second-order valence-electron chi connectivity index (χ2n) is 33.4. The summed E-state index contributed by atoms with van der Waals surface area (Å²) in [5.74, 6) is 0. The van der Waals surface area contributed by atoms with Gasteiger partial charge in [-0.1, -0.05) is 277 Å². The van der Waals surface area contributed by atoms with E-state index >= 15 is 0 Å². The molecule has 0 bridgehead atoms. The maximum atomic E-state index is 9.73. The van der Waals surface area contributed by atoms with Crippen LogP contribution in [0.2, 0.25) is 0 Å². The van der Waals surface area contributed by atoms with E-state index in [1.54, 1.807) is 0 Å². The minimum absolute atomic E-state index is 0.111. The summed E-state index contributed by atoms with van der Waals surface area (Å²) in [4.78, 5) is 5.07. The first-order chi connectivity index (χ1) is 53.2. The number of furan rings is 1. The second-order valence-corrected chi connectivity index (χ2v) is 33.4. The highest BCUT2D eigenvalue weighted by Crippen LogP contribution is 2.54. The van der Waals surface area contributed by atoms with Crippen LogP contribution in [0, 0.1) is 0 Å². The van der Waals surface area contributed by atoms with Gasteiger partial charge in [-0.15, -0.1) is 0 Å². The zero-order valence-electron chi connectivity index (χ0n) is 67.2. The molecule has 0 saturated heterocycles. The quantitative estimate of drug-likeness (QED) is 0.142. The summed E-state index contributed by atoms with van der Waals surface area (Å²) < 4.78 is 58.8. The number of anilines is 6. The first kappa shape index (κ1) is 59.5. The minimum atomic E-state index is -0.468. The fourth-order valence-corrected chi connectivity index (χ4v) is 17.0. The number of fused-ring (bicyclic) bond motifs is 13. The van der Waals surface area contributed by atoms with Gasteiger partial charge >= 0.3 is 0 Å². The topological polar surface area (TPSA) is 29.5 Å². The molecular weight excluding hydrogens is 1280 g/mol. The molecule has 5 nitrogen and oxygen atoms in total. The zero-order chi connectivity index (χ0) is 76.8. The number of nitrogens with zero attached hydrogens (tertiary/aromatic N) is 4. The molecule has 2 aliphatic rings. The lowest BCUT2D eigenvalue weighted by Crippen LogP contribution is -2.61. The Morgan fingerprint density at radius 2 is 0.745 bits per heavy atom. The Morgan fingerprint density at radius 1 is 0.283 bits per heavy atom. The van der Waals surface area contributed by atoms with E-state index < -0.39 is 24.8 Å². The first-order valence-electron chi connectivity index (χ1n) is 39.7. The summed E-state index contributed by atoms with van der Waals surface area (Å²) >= 11 is 0. The fourth-order valence-electron chi connectivity index (χ4n) is 17.0. The average molecular weight is 1370 g/mol. The van der Waals surface area contributed by atoms with E-state index in [4.69, 9.17) is 5.79 Å². The predicted molar refractivity (Wildman–Crippen MR) is 453 cm³/mol. The Balaban J connectivity index is 1.02. The van der Waals surface area contributed by atoms with Crippen molar-refractivity contribution in [2.45, 2.75) is 105 Å². The van der Waals surface area contributed by atoms with Gasteiger partial charge in [0.05, 0.1) is 45.7 Å². The lowest BCUT2D eigenvalue weighted by molar-refractivity contribution is 0.569. The maximum Gasteiger partial charge on any atom is 0.252 e. The SMILES string of the molecule is [2H]c1c([2H])c([2H])c(-c2ccc3c(c2)N(c2cc(-c4ccccc4)cc4c2c2ccccc2n4-c2ccccc2)c2cc(-c4cc(C(C)(C)C)cc(C(C)(C)C)c4)cc4c2B3c2ccc(-n3c5ccc(C(C)(C)C)cc5c5cc(C(C)(C)C)ccc53)cc2N4c2cc(-c3ccccc3)cc3oc4ccccc4c23)c([2H])c1[2H]. The van der Waals surface area contributed by atoms with E-state index in [1.165, 1.54) is 33.0 Å². The molecular formula is C100H85BN4O. The standard InChI is InChI=1S/C100H85BN4O/c1-97(2,3)70-42-47-83-78(59-70)79-60-71(98(4,5)6)43-48-84(79)103(83)75-44-46-81-86(61-75)105(89-54-69(64-33-21-15-22-34-64)57-93-95(89)77-38-26-28-40-92(77)106-93)91-56-68(66-49-72(99(7,8)9)58-73(50-66)100(10,11)12)55-90-96(91)101(81)80-45-41-65(62-29-17-13-18-30-62)51-85(80)104(90)88-53-67(63-31-19-14-20-32-63)52-87-94(88)76-37-25-27-39-82(76)102(87)74-35-23-16-24-36-74/h13-61H,1-12H3/i13D,17D,18D,29D,30D. The first-order valence-corrected chi connectivity index (χ1v) is 37.2. The van der Waals surface area contributed by atoms with Gasteiger partial charge < -0.3 is 23.4 Å². The molecule has 0 aliphatic carbocycles. The molecule has 2 aliphatic heterocycles. The highest BCUT2D eigenvalue weighted by atomic mass is 16.3. The minimum Gasteiger partial charge on any atom is -0.456 e. The largest absolute Gasteiger partial charge is 0.456 e. The van der Waals surface area contributed by atoms with Crippen LogP contribution in [0.1, 0.15) is 112 Å². The van der Waals surface area contributed by atoms with Crippen LogP contribution in [-0.4, -0.2) is 15.8 Å². The monoisotopic (exact) mass is 1370 g/mol. The molecule has 5 heterocycles. The maximum absolute atomic E-state index is 9.73. The molecule has 0 amide bonds. The Morgan fingerprint density at radius 3 is 1.34 bits per heavy atom. The van der Waals surface area contributed by atoms with Gasteiger partial charge in [-0.3, -0.25) is 0 Å². The van der Waals surface area contributed by atoms with Gasteiger partial charge in [0.2, 0.25) is 0 Å².